The summed E-state index contributed by atoms with van der Waals surface area (Å²) in [5.41, 5.74) is 0.286. The van der Waals surface area contributed by atoms with Crippen molar-refractivity contribution in [3.63, 3.8) is 0 Å². The molecule has 5 rings (SSSR count). The molecule has 262 valence electrons. The zero-order valence-corrected chi connectivity index (χ0v) is 29.4. The maximum atomic E-state index is 13.2. The van der Waals surface area contributed by atoms with Crippen LogP contribution in [0.25, 0.3) is 0 Å². The van der Waals surface area contributed by atoms with Crippen molar-refractivity contribution in [1.82, 2.24) is 20.4 Å². The molecule has 1 aliphatic heterocycles. The van der Waals surface area contributed by atoms with Crippen molar-refractivity contribution in [3.05, 3.63) is 0 Å². The Morgan fingerprint density at radius 2 is 1.63 bits per heavy atom. The van der Waals surface area contributed by atoms with E-state index in [0.717, 1.165) is 64.5 Å². The predicted molar refractivity (Wildman–Crippen MR) is 180 cm³/mol. The number of amides is 3. The molecule has 46 heavy (non-hydrogen) atoms. The van der Waals surface area contributed by atoms with Crippen molar-refractivity contribution in [2.24, 2.45) is 40.4 Å². The van der Waals surface area contributed by atoms with E-state index >= 15 is 0 Å². The topological polar surface area (TPSA) is 122 Å². The van der Waals surface area contributed by atoms with Crippen LogP contribution in [0.5, 0.6) is 0 Å². The van der Waals surface area contributed by atoms with Crippen LogP contribution in [0.1, 0.15) is 118 Å². The molecule has 9 heteroatoms. The quantitative estimate of drug-likeness (QED) is 0.251. The number of unbranched alkanes of at least 4 members (excludes halogenated alkanes) is 2. The van der Waals surface area contributed by atoms with Gasteiger partial charge in [-0.15, -0.1) is 0 Å². The number of hydrogen-bond acceptors (Lipinski definition) is 6. The van der Waals surface area contributed by atoms with E-state index in [2.05, 4.69) is 36.3 Å². The zero-order valence-electron chi connectivity index (χ0n) is 29.4. The molecule has 5 aliphatic rings. The maximum Gasteiger partial charge on any atom is 0.243 e. The number of carbonyl (C=O) groups excluding carboxylic acids is 3. The number of piperazine rings is 1. The lowest BCUT2D eigenvalue weighted by Gasteiger charge is -2.62. The first-order valence-electron chi connectivity index (χ1n) is 18.8. The molecular weight excluding hydrogens is 580 g/mol. The van der Waals surface area contributed by atoms with Gasteiger partial charge in [0.25, 0.3) is 0 Å². The largest absolute Gasteiger partial charge is 0.393 e. The van der Waals surface area contributed by atoms with Crippen LogP contribution < -0.4 is 10.6 Å². The number of rotatable bonds is 11. The number of nitrogens with one attached hydrogen (secondary N) is 2. The summed E-state index contributed by atoms with van der Waals surface area (Å²) >= 11 is 0. The Hall–Kier alpha value is -1.71. The van der Waals surface area contributed by atoms with Gasteiger partial charge >= 0.3 is 0 Å². The number of hydrogen-bond donors (Lipinski definition) is 4. The Kier molecular flexibility index (Phi) is 11.5. The highest BCUT2D eigenvalue weighted by atomic mass is 16.3. The van der Waals surface area contributed by atoms with Gasteiger partial charge in [-0.1, -0.05) is 47.5 Å². The van der Waals surface area contributed by atoms with Crippen molar-refractivity contribution < 1.29 is 24.6 Å². The van der Waals surface area contributed by atoms with Crippen molar-refractivity contribution in [2.45, 2.75) is 142 Å². The first-order chi connectivity index (χ1) is 21.9. The summed E-state index contributed by atoms with van der Waals surface area (Å²) in [6.45, 7) is 13.6. The van der Waals surface area contributed by atoms with E-state index < -0.39 is 6.04 Å². The van der Waals surface area contributed by atoms with Crippen molar-refractivity contribution >= 4 is 17.7 Å². The highest BCUT2D eigenvalue weighted by molar-refractivity contribution is 5.90. The smallest absolute Gasteiger partial charge is 0.243 e. The van der Waals surface area contributed by atoms with Gasteiger partial charge in [-0.3, -0.25) is 19.3 Å². The minimum atomic E-state index is -0.632. The minimum absolute atomic E-state index is 0.0667. The van der Waals surface area contributed by atoms with Crippen molar-refractivity contribution in [2.75, 3.05) is 32.7 Å². The van der Waals surface area contributed by atoms with Gasteiger partial charge in [0, 0.05) is 38.6 Å². The number of carbonyl (C=O) groups is 3. The van der Waals surface area contributed by atoms with E-state index in [9.17, 15) is 24.6 Å². The predicted octanol–water partition coefficient (Wildman–Crippen LogP) is 4.10. The van der Waals surface area contributed by atoms with Crippen LogP contribution in [0.15, 0.2) is 0 Å². The Labute approximate surface area is 278 Å². The van der Waals surface area contributed by atoms with E-state index in [-0.39, 0.29) is 59.3 Å². The molecule has 4 aliphatic carbocycles. The molecule has 5 fully saturated rings. The van der Waals surface area contributed by atoms with Gasteiger partial charge in [0.1, 0.15) is 6.04 Å². The highest BCUT2D eigenvalue weighted by Gasteiger charge is 2.61. The molecule has 1 heterocycles. The Bertz CT molecular complexity index is 1080. The molecule has 4 N–H and O–H groups in total. The van der Waals surface area contributed by atoms with E-state index in [1.807, 2.05) is 18.7 Å². The second kappa shape index (κ2) is 14.8. The Morgan fingerprint density at radius 3 is 2.33 bits per heavy atom. The molecule has 0 spiro atoms. The first-order valence-corrected chi connectivity index (χ1v) is 18.8. The van der Waals surface area contributed by atoms with Gasteiger partial charge in [-0.25, -0.2) is 0 Å². The van der Waals surface area contributed by atoms with Crippen molar-refractivity contribution in [3.8, 4) is 0 Å². The van der Waals surface area contributed by atoms with Gasteiger partial charge in [0.15, 0.2) is 0 Å². The fraction of sp³-hybridized carbons (Fsp3) is 0.919. The van der Waals surface area contributed by atoms with Crippen LogP contribution in [0, 0.1) is 40.4 Å². The number of aliphatic hydroxyl groups excluding tert-OH is 2. The number of fused-ring (bicyclic) bond motifs is 5. The fourth-order valence-corrected chi connectivity index (χ4v) is 10.8. The number of aliphatic hydroxyl groups is 2. The monoisotopic (exact) mass is 644 g/mol. The Morgan fingerprint density at radius 1 is 0.913 bits per heavy atom. The van der Waals surface area contributed by atoms with Crippen LogP contribution in [0.4, 0.5) is 0 Å². The SMILES string of the molecule is CCCCCC(=O)N[C@@H](CC(C)C)C(=O)NCC(=O)N1CCN([C@H]2C[C@@]3(C)[C@@H](CC[C@@H]4[C@@H]3CC[C@]3(C)[C@@H](O)CC[C@@H]43)C[C@@H]2O)CC1. The molecule has 0 radical (unpaired) electrons. The molecule has 0 aromatic carbocycles. The molecule has 4 saturated carbocycles. The lowest BCUT2D eigenvalue weighted by atomic mass is 9.44. The summed E-state index contributed by atoms with van der Waals surface area (Å²) in [5.74, 6) is 2.27. The Balaban J connectivity index is 1.12. The lowest BCUT2D eigenvalue weighted by Crippen LogP contribution is -2.62. The van der Waals surface area contributed by atoms with Crippen LogP contribution in [0.2, 0.25) is 0 Å². The summed E-state index contributed by atoms with van der Waals surface area (Å²) in [6, 6.07) is -0.523. The first kappa shape index (κ1) is 35.6. The molecule has 1 saturated heterocycles. The normalized spacial score (nSPS) is 38.4. The molecular formula is C37H64N4O5. The molecule has 0 aromatic heterocycles. The zero-order chi connectivity index (χ0) is 33.2. The summed E-state index contributed by atoms with van der Waals surface area (Å²) in [4.78, 5) is 42.9. The summed E-state index contributed by atoms with van der Waals surface area (Å²) in [6.07, 6.45) is 12.0. The maximum absolute atomic E-state index is 13.2. The molecule has 9 nitrogen and oxygen atoms in total. The van der Waals surface area contributed by atoms with E-state index in [4.69, 9.17) is 0 Å². The van der Waals surface area contributed by atoms with Crippen LogP contribution >= 0.6 is 0 Å². The van der Waals surface area contributed by atoms with Gasteiger partial charge in [-0.2, -0.15) is 0 Å². The summed E-state index contributed by atoms with van der Waals surface area (Å²) in [7, 11) is 0. The third-order valence-electron chi connectivity index (χ3n) is 13.6. The van der Waals surface area contributed by atoms with Crippen LogP contribution in [0.3, 0.4) is 0 Å². The van der Waals surface area contributed by atoms with Crippen LogP contribution in [-0.4, -0.2) is 94.7 Å². The molecule has 0 unspecified atom stereocenters. The second-order valence-electron chi connectivity index (χ2n) is 16.7. The van der Waals surface area contributed by atoms with Gasteiger partial charge in [0.05, 0.1) is 18.8 Å². The van der Waals surface area contributed by atoms with Gasteiger partial charge in [-0.05, 0) is 105 Å². The molecule has 10 atom stereocenters. The molecule has 0 aromatic rings. The number of nitrogens with zero attached hydrogens (tertiary/aromatic N) is 2. The lowest BCUT2D eigenvalue weighted by molar-refractivity contribution is -0.156. The average molecular weight is 645 g/mol. The third-order valence-corrected chi connectivity index (χ3v) is 13.6. The van der Waals surface area contributed by atoms with E-state index in [0.29, 0.717) is 49.6 Å². The van der Waals surface area contributed by atoms with E-state index in [1.54, 1.807) is 0 Å². The van der Waals surface area contributed by atoms with E-state index in [1.165, 1.54) is 19.3 Å². The second-order valence-corrected chi connectivity index (χ2v) is 16.7. The molecule has 0 bridgehead atoms. The third kappa shape index (κ3) is 7.31. The molecule has 3 amide bonds. The average Bonchev–Trinajstić information content (AvgIpc) is 3.33. The minimum Gasteiger partial charge on any atom is -0.393 e. The standard InChI is InChI=1S/C37H64N4O5/c1-6-7-8-9-33(44)39-29(20-24(2)3)35(46)38-23-34(45)41-18-16-40(17-19-41)30-22-37(5)25(21-31(30)42)10-11-26-27-12-13-32(43)36(27,4)15-14-28(26)37/h24-32,42-43H,6-23H2,1-5H3,(H,38,46)(H,39,44)/t25-,26-,27-,28-,29-,30-,31-,32-,36-,37-/m0/s1. The van der Waals surface area contributed by atoms with Gasteiger partial charge in [0.2, 0.25) is 17.7 Å². The summed E-state index contributed by atoms with van der Waals surface area (Å²) in [5, 5.41) is 28.0. The fourth-order valence-electron chi connectivity index (χ4n) is 10.8. The van der Waals surface area contributed by atoms with Gasteiger partial charge < -0.3 is 25.7 Å². The van der Waals surface area contributed by atoms with Crippen LogP contribution in [-0.2, 0) is 14.4 Å². The van der Waals surface area contributed by atoms with Crippen molar-refractivity contribution in [1.29, 1.82) is 0 Å². The summed E-state index contributed by atoms with van der Waals surface area (Å²) < 4.78 is 0. The highest BCUT2D eigenvalue weighted by Crippen LogP contribution is 2.66.